The number of piperidine rings is 1. The Balaban J connectivity index is 1.49. The average Bonchev–Trinajstić information content (AvgIpc) is 2.83. The number of hydrogen-bond acceptors (Lipinski definition) is 6. The van der Waals surface area contributed by atoms with Gasteiger partial charge in [-0.25, -0.2) is 8.42 Å². The number of nitrogens with one attached hydrogen (secondary N) is 1. The number of likely N-dealkylation sites (tertiary alicyclic amines) is 1. The molecule has 188 valence electrons. The highest BCUT2D eigenvalue weighted by molar-refractivity contribution is 7.91. The normalized spacial score (nSPS) is 15.2. The third-order valence-corrected chi connectivity index (χ3v) is 8.14. The first-order valence-corrected chi connectivity index (χ1v) is 13.6. The van der Waals surface area contributed by atoms with Crippen LogP contribution < -0.4 is 5.73 Å². The van der Waals surface area contributed by atoms with Crippen LogP contribution in [-0.2, 0) is 25.8 Å². The molecule has 1 saturated heterocycles. The molecule has 1 fully saturated rings. The standard InChI is InChI=1S/C27H35N3O4S/c1-4-35(32,33)23-10-6-9-21(17-23)11-12-26(31)30-15-13-22(14-16-30)34-25(29)18-24(28)27-19(2)7-5-8-20(27)3/h5-10,17-18,22,29H,4,11-16,28H2,1-3H3. The summed E-state index contributed by atoms with van der Waals surface area (Å²) >= 11 is 0. The van der Waals surface area contributed by atoms with Crippen LogP contribution in [0.3, 0.4) is 0 Å². The van der Waals surface area contributed by atoms with E-state index in [1.54, 1.807) is 31.2 Å². The maximum absolute atomic E-state index is 12.7. The molecule has 8 heteroatoms. The number of sulfone groups is 1. The van der Waals surface area contributed by atoms with Crippen LogP contribution in [-0.4, -0.2) is 50.1 Å². The lowest BCUT2D eigenvalue weighted by Gasteiger charge is -2.32. The van der Waals surface area contributed by atoms with Crippen molar-refractivity contribution in [1.82, 2.24) is 4.90 Å². The van der Waals surface area contributed by atoms with E-state index in [4.69, 9.17) is 15.9 Å². The van der Waals surface area contributed by atoms with Crippen molar-refractivity contribution in [3.05, 3.63) is 70.8 Å². The van der Waals surface area contributed by atoms with Gasteiger partial charge in [0.2, 0.25) is 11.8 Å². The summed E-state index contributed by atoms with van der Waals surface area (Å²) in [6.45, 7) is 6.74. The van der Waals surface area contributed by atoms with E-state index in [0.29, 0.717) is 49.4 Å². The van der Waals surface area contributed by atoms with Crippen LogP contribution in [0.15, 0.2) is 53.4 Å². The Morgan fingerprint density at radius 3 is 2.40 bits per heavy atom. The second-order valence-electron chi connectivity index (χ2n) is 8.98. The van der Waals surface area contributed by atoms with Gasteiger partial charge in [-0.3, -0.25) is 10.2 Å². The summed E-state index contributed by atoms with van der Waals surface area (Å²) in [7, 11) is -3.26. The SMILES string of the molecule is CCS(=O)(=O)c1cccc(CCC(=O)N2CCC(OC(=N)C=C(N)c3c(C)cccc3C)CC2)c1. The zero-order valence-electron chi connectivity index (χ0n) is 20.7. The Bertz CT molecular complexity index is 1190. The van der Waals surface area contributed by atoms with Gasteiger partial charge in [-0.2, -0.15) is 0 Å². The Labute approximate surface area is 208 Å². The maximum Gasteiger partial charge on any atom is 0.222 e. The lowest BCUT2D eigenvalue weighted by molar-refractivity contribution is -0.133. The van der Waals surface area contributed by atoms with Crippen molar-refractivity contribution in [2.45, 2.75) is 57.5 Å². The van der Waals surface area contributed by atoms with Crippen molar-refractivity contribution in [3.8, 4) is 0 Å². The molecule has 3 rings (SSSR count). The number of aryl methyl sites for hydroxylation is 3. The molecule has 1 amide bonds. The fourth-order valence-corrected chi connectivity index (χ4v) is 5.34. The fraction of sp³-hybridized carbons (Fsp3) is 0.407. The summed E-state index contributed by atoms with van der Waals surface area (Å²) in [5.74, 6) is 0.121. The van der Waals surface area contributed by atoms with Crippen LogP contribution >= 0.6 is 0 Å². The van der Waals surface area contributed by atoms with E-state index in [1.807, 2.05) is 43.0 Å². The van der Waals surface area contributed by atoms with E-state index in [9.17, 15) is 13.2 Å². The number of benzene rings is 2. The minimum Gasteiger partial charge on any atom is -0.475 e. The van der Waals surface area contributed by atoms with Crippen molar-refractivity contribution >= 4 is 27.3 Å². The van der Waals surface area contributed by atoms with Gasteiger partial charge in [0, 0.05) is 49.7 Å². The predicted octanol–water partition coefficient (Wildman–Crippen LogP) is 4.01. The third kappa shape index (κ3) is 6.94. The fourth-order valence-electron chi connectivity index (χ4n) is 4.39. The van der Waals surface area contributed by atoms with Gasteiger partial charge in [-0.15, -0.1) is 0 Å². The molecule has 1 aliphatic rings. The average molecular weight is 498 g/mol. The molecule has 0 aromatic heterocycles. The van der Waals surface area contributed by atoms with Gasteiger partial charge >= 0.3 is 0 Å². The van der Waals surface area contributed by atoms with Crippen LogP contribution in [0.1, 0.15) is 48.4 Å². The molecule has 0 saturated carbocycles. The minimum atomic E-state index is -3.26. The third-order valence-electron chi connectivity index (χ3n) is 6.41. The Morgan fingerprint density at radius 2 is 1.77 bits per heavy atom. The Kier molecular flexibility index (Phi) is 8.72. The lowest BCUT2D eigenvalue weighted by Crippen LogP contribution is -2.41. The van der Waals surface area contributed by atoms with Crippen molar-refractivity contribution in [3.63, 3.8) is 0 Å². The molecule has 1 heterocycles. The highest BCUT2D eigenvalue weighted by atomic mass is 32.2. The number of hydrogen-bond donors (Lipinski definition) is 2. The second-order valence-corrected chi connectivity index (χ2v) is 11.3. The van der Waals surface area contributed by atoms with Gasteiger partial charge in [0.25, 0.3) is 0 Å². The van der Waals surface area contributed by atoms with Crippen LogP contribution in [0.4, 0.5) is 0 Å². The zero-order valence-corrected chi connectivity index (χ0v) is 21.5. The first-order chi connectivity index (χ1) is 16.6. The van der Waals surface area contributed by atoms with Crippen LogP contribution in [0.2, 0.25) is 0 Å². The molecule has 1 aliphatic heterocycles. The van der Waals surface area contributed by atoms with Crippen molar-refractivity contribution in [2.24, 2.45) is 5.73 Å². The van der Waals surface area contributed by atoms with E-state index < -0.39 is 9.84 Å². The predicted molar refractivity (Wildman–Crippen MR) is 139 cm³/mol. The maximum atomic E-state index is 12.7. The first kappa shape index (κ1) is 26.5. The molecule has 0 spiro atoms. The Hall–Kier alpha value is -3.13. The van der Waals surface area contributed by atoms with Crippen LogP contribution in [0.25, 0.3) is 5.70 Å². The number of nitrogens with two attached hydrogens (primary N) is 1. The van der Waals surface area contributed by atoms with Crippen LogP contribution in [0.5, 0.6) is 0 Å². The molecule has 0 bridgehead atoms. The number of rotatable bonds is 8. The number of nitrogens with zero attached hydrogens (tertiary/aromatic N) is 1. The minimum absolute atomic E-state index is 0.0249. The topological polar surface area (TPSA) is 114 Å². The summed E-state index contributed by atoms with van der Waals surface area (Å²) in [5, 5.41) is 8.21. The van der Waals surface area contributed by atoms with Gasteiger partial charge in [-0.1, -0.05) is 37.3 Å². The van der Waals surface area contributed by atoms with E-state index in [2.05, 4.69) is 0 Å². The molecule has 0 unspecified atom stereocenters. The summed E-state index contributed by atoms with van der Waals surface area (Å²) in [4.78, 5) is 14.8. The molecule has 2 aromatic rings. The van der Waals surface area contributed by atoms with Gasteiger partial charge < -0.3 is 15.4 Å². The number of amides is 1. The number of carbonyl (C=O) groups excluding carboxylic acids is 1. The lowest BCUT2D eigenvalue weighted by atomic mass is 10.00. The molecule has 3 N–H and O–H groups in total. The van der Waals surface area contributed by atoms with Gasteiger partial charge in [-0.05, 0) is 49.1 Å². The molecule has 0 radical (unpaired) electrons. The largest absolute Gasteiger partial charge is 0.475 e. The number of carbonyl (C=O) groups is 1. The molecule has 0 atom stereocenters. The highest BCUT2D eigenvalue weighted by Gasteiger charge is 2.24. The smallest absolute Gasteiger partial charge is 0.222 e. The van der Waals surface area contributed by atoms with Gasteiger partial charge in [0.15, 0.2) is 9.84 Å². The molecular weight excluding hydrogens is 462 g/mol. The molecule has 7 nitrogen and oxygen atoms in total. The highest BCUT2D eigenvalue weighted by Crippen LogP contribution is 2.21. The zero-order chi connectivity index (χ0) is 25.6. The van der Waals surface area contributed by atoms with E-state index in [1.165, 1.54) is 0 Å². The first-order valence-electron chi connectivity index (χ1n) is 12.0. The molecule has 35 heavy (non-hydrogen) atoms. The van der Waals surface area contributed by atoms with Crippen molar-refractivity contribution < 1.29 is 17.9 Å². The number of ether oxygens (including phenoxy) is 1. The summed E-state index contributed by atoms with van der Waals surface area (Å²) in [6.07, 6.45) is 3.54. The second kappa shape index (κ2) is 11.5. The van der Waals surface area contributed by atoms with Crippen molar-refractivity contribution in [1.29, 1.82) is 5.41 Å². The van der Waals surface area contributed by atoms with E-state index in [-0.39, 0.29) is 23.7 Å². The van der Waals surface area contributed by atoms with E-state index >= 15 is 0 Å². The molecule has 2 aromatic carbocycles. The summed E-state index contributed by atoms with van der Waals surface area (Å²) in [6, 6.07) is 12.8. The van der Waals surface area contributed by atoms with Gasteiger partial charge in [0.1, 0.15) is 6.10 Å². The monoisotopic (exact) mass is 497 g/mol. The molecular formula is C27H35N3O4S. The van der Waals surface area contributed by atoms with Crippen LogP contribution in [0, 0.1) is 19.3 Å². The molecule has 0 aliphatic carbocycles. The summed E-state index contributed by atoms with van der Waals surface area (Å²) < 4.78 is 30.0. The van der Waals surface area contributed by atoms with Gasteiger partial charge in [0.05, 0.1) is 10.6 Å². The quantitative estimate of drug-likeness (QED) is 0.422. The Morgan fingerprint density at radius 1 is 1.14 bits per heavy atom. The summed E-state index contributed by atoms with van der Waals surface area (Å²) in [5.41, 5.74) is 10.6. The van der Waals surface area contributed by atoms with E-state index in [0.717, 1.165) is 22.3 Å². The van der Waals surface area contributed by atoms with Crippen molar-refractivity contribution in [2.75, 3.05) is 18.8 Å².